The fourth-order valence-corrected chi connectivity index (χ4v) is 3.03. The molecule has 2 heterocycles. The number of aromatic nitrogens is 4. The number of nitrogens with one attached hydrogen (secondary N) is 1. The Morgan fingerprint density at radius 1 is 1.31 bits per heavy atom. The van der Waals surface area contributed by atoms with Crippen molar-refractivity contribution in [2.45, 2.75) is 38.3 Å². The third kappa shape index (κ3) is 4.13. The molecule has 1 amide bonds. The molecule has 0 aliphatic heterocycles. The summed E-state index contributed by atoms with van der Waals surface area (Å²) in [5.41, 5.74) is 2.76. The summed E-state index contributed by atoms with van der Waals surface area (Å²) >= 11 is 1.31. The van der Waals surface area contributed by atoms with Crippen molar-refractivity contribution in [2.75, 3.05) is 11.1 Å². The number of carbonyl (C=O) groups excluding carboxylic acids is 1. The molecule has 3 rings (SSSR count). The predicted octanol–water partition coefficient (Wildman–Crippen LogP) is 3.59. The maximum atomic E-state index is 12.2. The van der Waals surface area contributed by atoms with E-state index in [1.54, 1.807) is 12.4 Å². The van der Waals surface area contributed by atoms with Crippen LogP contribution in [0.2, 0.25) is 0 Å². The molecule has 0 fully saturated rings. The molecule has 0 saturated heterocycles. The molecule has 7 nitrogen and oxygen atoms in total. The second kappa shape index (κ2) is 7.33. The van der Waals surface area contributed by atoms with Crippen molar-refractivity contribution in [3.05, 3.63) is 47.9 Å². The molecule has 3 aromatic rings. The number of thioether (sulfide) groups is 1. The first-order valence-electron chi connectivity index (χ1n) is 8.20. The Balaban J connectivity index is 1.63. The van der Waals surface area contributed by atoms with Crippen LogP contribution in [0.1, 0.15) is 32.0 Å². The molecule has 0 aliphatic rings. The lowest BCUT2D eigenvalue weighted by molar-refractivity contribution is -0.113. The van der Waals surface area contributed by atoms with Gasteiger partial charge in [0.1, 0.15) is 6.33 Å². The predicted molar refractivity (Wildman–Crippen MR) is 101 cm³/mol. The molecule has 1 aromatic carbocycles. The van der Waals surface area contributed by atoms with Crippen LogP contribution in [-0.2, 0) is 10.2 Å². The Morgan fingerprint density at radius 3 is 2.77 bits per heavy atom. The molecule has 0 radical (unpaired) electrons. The number of anilines is 1. The van der Waals surface area contributed by atoms with Crippen molar-refractivity contribution in [3.63, 3.8) is 0 Å². The van der Waals surface area contributed by atoms with Crippen molar-refractivity contribution in [1.29, 1.82) is 0 Å². The largest absolute Gasteiger partial charge is 0.338 e. The van der Waals surface area contributed by atoms with E-state index in [0.717, 1.165) is 16.9 Å². The maximum absolute atomic E-state index is 12.2. The third-order valence-corrected chi connectivity index (χ3v) is 4.71. The molecule has 0 spiro atoms. The minimum atomic E-state index is -0.189. The number of amides is 1. The summed E-state index contributed by atoms with van der Waals surface area (Å²) in [5.74, 6) is 0.350. The summed E-state index contributed by atoms with van der Waals surface area (Å²) in [5, 5.41) is 15.4. The fourth-order valence-electron chi connectivity index (χ4n) is 2.31. The zero-order valence-electron chi connectivity index (χ0n) is 15.2. The van der Waals surface area contributed by atoms with Crippen LogP contribution >= 0.6 is 11.8 Å². The van der Waals surface area contributed by atoms with Crippen molar-refractivity contribution in [3.8, 4) is 5.69 Å². The Hall–Kier alpha value is -2.61. The van der Waals surface area contributed by atoms with Gasteiger partial charge in [0.05, 0.1) is 17.1 Å². The van der Waals surface area contributed by atoms with Crippen LogP contribution in [0.5, 0.6) is 0 Å². The lowest BCUT2D eigenvalue weighted by Crippen LogP contribution is -2.14. The van der Waals surface area contributed by atoms with Gasteiger partial charge in [-0.1, -0.05) is 55.9 Å². The zero-order valence-corrected chi connectivity index (χ0v) is 16.0. The SMILES string of the molecule is Cc1ccccc1-n1cnnc1SCC(=O)Nc1cc(C(C)(C)C)no1. The molecule has 8 heteroatoms. The first-order valence-corrected chi connectivity index (χ1v) is 9.19. The Labute approximate surface area is 156 Å². The standard InChI is InChI=1S/C18H21N5O2S/c1-12-7-5-6-8-13(12)23-11-19-21-17(23)26-10-15(24)20-16-9-14(22-25-16)18(2,3)4/h5-9,11H,10H2,1-4H3,(H,20,24). The number of aryl methyl sites for hydroxylation is 1. The Morgan fingerprint density at radius 2 is 2.08 bits per heavy atom. The van der Waals surface area contributed by atoms with Crippen LogP contribution in [0.25, 0.3) is 5.69 Å². The van der Waals surface area contributed by atoms with Gasteiger partial charge < -0.3 is 4.52 Å². The molecule has 0 saturated carbocycles. The summed E-state index contributed by atoms with van der Waals surface area (Å²) in [6.45, 7) is 8.12. The monoisotopic (exact) mass is 371 g/mol. The van der Waals surface area contributed by atoms with E-state index in [0.29, 0.717) is 11.0 Å². The van der Waals surface area contributed by atoms with E-state index in [2.05, 4.69) is 20.7 Å². The van der Waals surface area contributed by atoms with Gasteiger partial charge in [0.15, 0.2) is 5.16 Å². The van der Waals surface area contributed by atoms with E-state index in [-0.39, 0.29) is 17.1 Å². The molecule has 0 unspecified atom stereocenters. The number of nitrogens with zero attached hydrogens (tertiary/aromatic N) is 4. The van der Waals surface area contributed by atoms with Gasteiger partial charge in [0.25, 0.3) is 0 Å². The minimum absolute atomic E-state index is 0.134. The molecular formula is C18H21N5O2S. The molecule has 0 bridgehead atoms. The van der Waals surface area contributed by atoms with Crippen LogP contribution in [-0.4, -0.2) is 31.6 Å². The second-order valence-electron chi connectivity index (χ2n) is 6.93. The smallest absolute Gasteiger partial charge is 0.237 e. The fraction of sp³-hybridized carbons (Fsp3) is 0.333. The first kappa shape index (κ1) is 18.2. The zero-order chi connectivity index (χ0) is 18.7. The van der Waals surface area contributed by atoms with E-state index < -0.39 is 0 Å². The molecule has 0 atom stereocenters. The van der Waals surface area contributed by atoms with E-state index in [4.69, 9.17) is 4.52 Å². The summed E-state index contributed by atoms with van der Waals surface area (Å²) in [4.78, 5) is 12.2. The van der Waals surface area contributed by atoms with Crippen molar-refractivity contribution in [1.82, 2.24) is 19.9 Å². The van der Waals surface area contributed by atoms with Gasteiger partial charge in [-0.05, 0) is 18.6 Å². The number of carbonyl (C=O) groups is 1. The molecule has 26 heavy (non-hydrogen) atoms. The average molecular weight is 371 g/mol. The quantitative estimate of drug-likeness (QED) is 0.690. The highest BCUT2D eigenvalue weighted by Crippen LogP contribution is 2.24. The van der Waals surface area contributed by atoms with Crippen LogP contribution < -0.4 is 5.32 Å². The normalized spacial score (nSPS) is 11.5. The second-order valence-corrected chi connectivity index (χ2v) is 7.88. The number of rotatable bonds is 5. The molecule has 2 aromatic heterocycles. The van der Waals surface area contributed by atoms with Crippen LogP contribution in [0, 0.1) is 6.92 Å². The summed E-state index contributed by atoms with van der Waals surface area (Å²) < 4.78 is 7.06. The highest BCUT2D eigenvalue weighted by molar-refractivity contribution is 7.99. The molecule has 136 valence electrons. The van der Waals surface area contributed by atoms with Crippen LogP contribution in [0.15, 0.2) is 46.3 Å². The van der Waals surface area contributed by atoms with Gasteiger partial charge in [0, 0.05) is 11.5 Å². The third-order valence-electron chi connectivity index (χ3n) is 3.77. The van der Waals surface area contributed by atoms with Crippen LogP contribution in [0.4, 0.5) is 5.88 Å². The number of para-hydroxylation sites is 1. The minimum Gasteiger partial charge on any atom is -0.338 e. The van der Waals surface area contributed by atoms with E-state index in [1.807, 2.05) is 56.5 Å². The van der Waals surface area contributed by atoms with Crippen molar-refractivity contribution >= 4 is 23.6 Å². The van der Waals surface area contributed by atoms with E-state index in [1.165, 1.54) is 11.8 Å². The summed E-state index contributed by atoms with van der Waals surface area (Å²) in [6.07, 6.45) is 1.65. The van der Waals surface area contributed by atoms with Gasteiger partial charge >= 0.3 is 0 Å². The van der Waals surface area contributed by atoms with Gasteiger partial charge in [-0.3, -0.25) is 14.7 Å². The first-order chi connectivity index (χ1) is 12.3. The van der Waals surface area contributed by atoms with Gasteiger partial charge in [0.2, 0.25) is 11.8 Å². The van der Waals surface area contributed by atoms with Crippen LogP contribution in [0.3, 0.4) is 0 Å². The van der Waals surface area contributed by atoms with Crippen molar-refractivity contribution < 1.29 is 9.32 Å². The van der Waals surface area contributed by atoms with Gasteiger partial charge in [-0.15, -0.1) is 10.2 Å². The highest BCUT2D eigenvalue weighted by Gasteiger charge is 2.20. The molecular weight excluding hydrogens is 350 g/mol. The maximum Gasteiger partial charge on any atom is 0.237 e. The lowest BCUT2D eigenvalue weighted by Gasteiger charge is -2.12. The van der Waals surface area contributed by atoms with Crippen molar-refractivity contribution in [2.24, 2.45) is 0 Å². The Kier molecular flexibility index (Phi) is 5.13. The molecule has 1 N–H and O–H groups in total. The van der Waals surface area contributed by atoms with E-state index in [9.17, 15) is 4.79 Å². The highest BCUT2D eigenvalue weighted by atomic mass is 32.2. The Bertz CT molecular complexity index is 910. The number of hydrogen-bond acceptors (Lipinski definition) is 6. The summed E-state index contributed by atoms with van der Waals surface area (Å²) in [7, 11) is 0. The topological polar surface area (TPSA) is 85.8 Å². The number of hydrogen-bond donors (Lipinski definition) is 1. The summed E-state index contributed by atoms with van der Waals surface area (Å²) in [6, 6.07) is 9.70. The average Bonchev–Trinajstić information content (AvgIpc) is 3.22. The molecule has 0 aliphatic carbocycles. The number of benzene rings is 1. The van der Waals surface area contributed by atoms with Gasteiger partial charge in [-0.25, -0.2) is 0 Å². The van der Waals surface area contributed by atoms with E-state index >= 15 is 0 Å². The lowest BCUT2D eigenvalue weighted by atomic mass is 9.92. The van der Waals surface area contributed by atoms with Gasteiger partial charge in [-0.2, -0.15) is 0 Å².